The van der Waals surface area contributed by atoms with Crippen LogP contribution in [0.5, 0.6) is 5.75 Å². The third kappa shape index (κ3) is 2.91. The zero-order valence-corrected chi connectivity index (χ0v) is 12.8. The maximum atomic E-state index is 12.4. The maximum absolute atomic E-state index is 12.4. The predicted octanol–water partition coefficient (Wildman–Crippen LogP) is 1.57. The number of carbonyl (C=O) groups excluding carboxylic acids is 2. The Kier molecular flexibility index (Phi) is 3.33. The normalized spacial score (nSPS) is 32.5. The van der Waals surface area contributed by atoms with Crippen molar-refractivity contribution in [2.24, 2.45) is 5.92 Å². The molecule has 1 N–H and O–H groups in total. The zero-order valence-electron chi connectivity index (χ0n) is 15.8. The van der Waals surface area contributed by atoms with Gasteiger partial charge in [-0.1, -0.05) is 0 Å². The van der Waals surface area contributed by atoms with Crippen LogP contribution < -0.4 is 0 Å². The standard InChI is InChI=1S/C17H21NO5/c1-18-11-5-8-13(18)15(17(21)22-2)14(9-11)23-16(20)10-3-6-12(19)7-4-10/h3-4,6-7,11,13-15,19H,5,8-9H2,1-2H3/t11-,13+,14-,15+/m0/s1/i1D3. The molecule has 124 valence electrons. The quantitative estimate of drug-likeness (QED) is 0.852. The molecule has 4 atom stereocenters. The Hall–Kier alpha value is -2.08. The summed E-state index contributed by atoms with van der Waals surface area (Å²) in [6, 6.07) is 4.77. The van der Waals surface area contributed by atoms with Gasteiger partial charge in [0.25, 0.3) is 0 Å². The molecule has 2 aliphatic heterocycles. The number of hydrogen-bond donors (Lipinski definition) is 1. The van der Waals surface area contributed by atoms with Crippen LogP contribution in [0.3, 0.4) is 0 Å². The van der Waals surface area contributed by atoms with E-state index in [0.717, 1.165) is 0 Å². The van der Waals surface area contributed by atoms with E-state index in [-0.39, 0.29) is 23.8 Å². The summed E-state index contributed by atoms with van der Waals surface area (Å²) in [5.41, 5.74) is 0.247. The molecule has 0 radical (unpaired) electrons. The van der Waals surface area contributed by atoms with Crippen LogP contribution in [0.2, 0.25) is 0 Å². The molecule has 0 aromatic heterocycles. The SMILES string of the molecule is [2H]C([2H])([2H])N1[C@H]2CC[C@@H]1[C@@H](C(=O)OC)[C@@H](OC(=O)c1ccc(O)cc1)C2. The van der Waals surface area contributed by atoms with E-state index in [1.54, 1.807) is 0 Å². The van der Waals surface area contributed by atoms with E-state index >= 15 is 0 Å². The van der Waals surface area contributed by atoms with Crippen LogP contribution in [-0.2, 0) is 14.3 Å². The lowest BCUT2D eigenvalue weighted by molar-refractivity contribution is -0.156. The highest BCUT2D eigenvalue weighted by Gasteiger charge is 2.50. The second-order valence-corrected chi connectivity index (χ2v) is 5.98. The summed E-state index contributed by atoms with van der Waals surface area (Å²) in [5.74, 6) is -2.02. The Balaban J connectivity index is 1.83. The van der Waals surface area contributed by atoms with Crippen LogP contribution in [0.25, 0.3) is 0 Å². The van der Waals surface area contributed by atoms with Gasteiger partial charge in [-0.25, -0.2) is 4.79 Å². The third-order valence-electron chi connectivity index (χ3n) is 4.70. The first-order valence-electron chi connectivity index (χ1n) is 9.08. The van der Waals surface area contributed by atoms with Gasteiger partial charge >= 0.3 is 11.9 Å². The molecule has 0 spiro atoms. The van der Waals surface area contributed by atoms with Gasteiger partial charge in [-0.3, -0.25) is 9.69 Å². The minimum Gasteiger partial charge on any atom is -0.508 e. The van der Waals surface area contributed by atoms with Crippen molar-refractivity contribution in [3.05, 3.63) is 29.8 Å². The molecular weight excluding hydrogens is 298 g/mol. The fraction of sp³-hybridized carbons (Fsp3) is 0.529. The minimum atomic E-state index is -2.32. The molecular formula is C17H21NO5. The van der Waals surface area contributed by atoms with Crippen LogP contribution in [0.1, 0.15) is 33.7 Å². The van der Waals surface area contributed by atoms with Crippen molar-refractivity contribution in [2.75, 3.05) is 14.1 Å². The summed E-state index contributed by atoms with van der Waals surface area (Å²) in [7, 11) is 1.24. The summed E-state index contributed by atoms with van der Waals surface area (Å²) in [6.45, 7) is -2.32. The number of piperidine rings is 1. The largest absolute Gasteiger partial charge is 0.508 e. The fourth-order valence-corrected chi connectivity index (χ4v) is 3.53. The van der Waals surface area contributed by atoms with Gasteiger partial charge in [-0.05, 0) is 44.1 Å². The van der Waals surface area contributed by atoms with Gasteiger partial charge in [-0.15, -0.1) is 0 Å². The van der Waals surface area contributed by atoms with Gasteiger partial charge in [0.1, 0.15) is 17.8 Å². The molecule has 0 unspecified atom stereocenters. The predicted molar refractivity (Wildman–Crippen MR) is 82.0 cm³/mol. The first kappa shape index (κ1) is 12.4. The third-order valence-corrected chi connectivity index (χ3v) is 4.70. The van der Waals surface area contributed by atoms with E-state index in [1.165, 1.54) is 36.3 Å². The number of nitrogens with zero attached hydrogens (tertiary/aromatic N) is 1. The molecule has 23 heavy (non-hydrogen) atoms. The van der Waals surface area contributed by atoms with Crippen molar-refractivity contribution in [3.8, 4) is 5.75 Å². The van der Waals surface area contributed by atoms with Crippen LogP contribution in [0, 0.1) is 5.92 Å². The number of methoxy groups -OCH3 is 1. The number of rotatable bonds is 3. The van der Waals surface area contributed by atoms with Crippen molar-refractivity contribution in [1.82, 2.24) is 4.90 Å². The van der Waals surface area contributed by atoms with Crippen LogP contribution in [-0.4, -0.2) is 54.2 Å². The summed E-state index contributed by atoms with van der Waals surface area (Å²) in [6.07, 6.45) is 0.679. The Labute approximate surface area is 139 Å². The van der Waals surface area contributed by atoms with Crippen LogP contribution in [0.4, 0.5) is 0 Å². The molecule has 0 saturated carbocycles. The Morgan fingerprint density at radius 3 is 2.70 bits per heavy atom. The number of esters is 2. The average Bonchev–Trinajstić information content (AvgIpc) is 2.91. The van der Waals surface area contributed by atoms with E-state index < -0.39 is 37.0 Å². The maximum Gasteiger partial charge on any atom is 0.338 e. The lowest BCUT2D eigenvalue weighted by atomic mass is 9.87. The van der Waals surface area contributed by atoms with E-state index in [0.29, 0.717) is 12.8 Å². The number of phenols is 1. The molecule has 6 nitrogen and oxygen atoms in total. The first-order chi connectivity index (χ1) is 12.2. The van der Waals surface area contributed by atoms with Gasteiger partial charge in [0.05, 0.1) is 12.7 Å². The molecule has 2 fully saturated rings. The minimum absolute atomic E-state index is 0.0259. The molecule has 3 rings (SSSR count). The Bertz CT molecular complexity index is 691. The van der Waals surface area contributed by atoms with Crippen molar-refractivity contribution >= 4 is 11.9 Å². The van der Waals surface area contributed by atoms with Crippen molar-refractivity contribution in [2.45, 2.75) is 37.5 Å². The molecule has 1 aromatic rings. The summed E-state index contributed by atoms with van der Waals surface area (Å²) in [4.78, 5) is 26.1. The van der Waals surface area contributed by atoms with Gasteiger partial charge in [0, 0.05) is 22.6 Å². The average molecular weight is 322 g/mol. The second kappa shape index (κ2) is 6.20. The highest BCUT2D eigenvalue weighted by atomic mass is 16.6. The fourth-order valence-electron chi connectivity index (χ4n) is 3.53. The Morgan fingerprint density at radius 1 is 1.30 bits per heavy atom. The van der Waals surface area contributed by atoms with Gasteiger partial charge in [-0.2, -0.15) is 0 Å². The van der Waals surface area contributed by atoms with Crippen molar-refractivity contribution in [3.63, 3.8) is 0 Å². The number of fused-ring (bicyclic) bond motifs is 2. The van der Waals surface area contributed by atoms with E-state index in [4.69, 9.17) is 13.6 Å². The lowest BCUT2D eigenvalue weighted by Gasteiger charge is -2.40. The van der Waals surface area contributed by atoms with E-state index in [1.807, 2.05) is 0 Å². The van der Waals surface area contributed by atoms with Crippen molar-refractivity contribution in [1.29, 1.82) is 0 Å². The number of phenolic OH excluding ortho intramolecular Hbond substituents is 1. The van der Waals surface area contributed by atoms with Gasteiger partial charge in [0.2, 0.25) is 0 Å². The molecule has 0 aliphatic carbocycles. The lowest BCUT2D eigenvalue weighted by Crippen LogP contribution is -2.53. The molecule has 2 bridgehead atoms. The number of hydrogen-bond acceptors (Lipinski definition) is 6. The smallest absolute Gasteiger partial charge is 0.338 e. The van der Waals surface area contributed by atoms with Crippen LogP contribution >= 0.6 is 0 Å². The number of benzene rings is 1. The molecule has 2 saturated heterocycles. The summed E-state index contributed by atoms with van der Waals surface area (Å²) in [5, 5.41) is 9.32. The highest BCUT2D eigenvalue weighted by Crippen LogP contribution is 2.40. The molecule has 2 heterocycles. The second-order valence-electron chi connectivity index (χ2n) is 5.98. The summed E-state index contributed by atoms with van der Waals surface area (Å²) >= 11 is 0. The molecule has 0 amide bonds. The van der Waals surface area contributed by atoms with Gasteiger partial charge < -0.3 is 14.6 Å². The van der Waals surface area contributed by atoms with E-state index in [9.17, 15) is 14.7 Å². The highest BCUT2D eigenvalue weighted by molar-refractivity contribution is 5.90. The Morgan fingerprint density at radius 2 is 2.04 bits per heavy atom. The molecule has 6 heteroatoms. The van der Waals surface area contributed by atoms with Crippen molar-refractivity contribution < 1.29 is 28.3 Å². The van der Waals surface area contributed by atoms with Crippen LogP contribution in [0.15, 0.2) is 24.3 Å². The monoisotopic (exact) mass is 322 g/mol. The van der Waals surface area contributed by atoms with E-state index in [2.05, 4.69) is 0 Å². The number of carbonyl (C=O) groups is 2. The topological polar surface area (TPSA) is 76.1 Å². The zero-order chi connectivity index (χ0) is 19.1. The number of ether oxygens (including phenoxy) is 2. The molecule has 2 aliphatic rings. The first-order valence-corrected chi connectivity index (χ1v) is 7.58. The van der Waals surface area contributed by atoms with Gasteiger partial charge in [0.15, 0.2) is 0 Å². The molecule has 1 aromatic carbocycles. The summed E-state index contributed by atoms with van der Waals surface area (Å²) < 4.78 is 33.7. The number of aromatic hydroxyl groups is 1.